The molecule has 0 heterocycles. The largest absolute Gasteiger partial charge is 0.390 e. The van der Waals surface area contributed by atoms with Gasteiger partial charge in [-0.2, -0.15) is 0 Å². The summed E-state index contributed by atoms with van der Waals surface area (Å²) in [7, 11) is -3.18. The molecule has 2 rings (SSSR count). The maximum atomic E-state index is 12.2. The lowest BCUT2D eigenvalue weighted by molar-refractivity contribution is 0.0108. The van der Waals surface area contributed by atoms with Crippen molar-refractivity contribution in [3.05, 3.63) is 30.3 Å². The first-order valence-electron chi connectivity index (χ1n) is 6.39. The summed E-state index contributed by atoms with van der Waals surface area (Å²) in [5, 5.41) is 9.86. The molecule has 3 nitrogen and oxygen atoms in total. The highest BCUT2D eigenvalue weighted by atomic mass is 32.2. The molecule has 0 atom stereocenters. The molecule has 18 heavy (non-hydrogen) atoms. The fourth-order valence-electron chi connectivity index (χ4n) is 2.50. The van der Waals surface area contributed by atoms with Crippen molar-refractivity contribution < 1.29 is 13.5 Å². The highest BCUT2D eigenvalue weighted by Gasteiger charge is 2.31. The van der Waals surface area contributed by atoms with E-state index in [2.05, 4.69) is 0 Å². The van der Waals surface area contributed by atoms with Crippen LogP contribution in [0.5, 0.6) is 0 Å². The SMILES string of the molecule is CC1(O)CCC(CS(=O)(=O)c2ccccc2)CC1. The highest BCUT2D eigenvalue weighted by Crippen LogP contribution is 2.33. The first-order valence-corrected chi connectivity index (χ1v) is 8.04. The number of aliphatic hydroxyl groups is 1. The lowest BCUT2D eigenvalue weighted by atomic mass is 9.81. The van der Waals surface area contributed by atoms with Gasteiger partial charge in [0.05, 0.1) is 16.2 Å². The summed E-state index contributed by atoms with van der Waals surface area (Å²) in [6.45, 7) is 1.83. The molecule has 1 aromatic carbocycles. The van der Waals surface area contributed by atoms with Gasteiger partial charge in [-0.1, -0.05) is 18.2 Å². The van der Waals surface area contributed by atoms with E-state index in [1.807, 2.05) is 13.0 Å². The van der Waals surface area contributed by atoms with Gasteiger partial charge >= 0.3 is 0 Å². The molecule has 0 bridgehead atoms. The van der Waals surface area contributed by atoms with Crippen molar-refractivity contribution in [2.75, 3.05) is 5.75 Å². The standard InChI is InChI=1S/C14H20O3S/c1-14(15)9-7-12(8-10-14)11-18(16,17)13-5-3-2-4-6-13/h2-6,12,15H,7-11H2,1H3. The summed E-state index contributed by atoms with van der Waals surface area (Å²) >= 11 is 0. The Hall–Kier alpha value is -0.870. The molecule has 1 aliphatic carbocycles. The van der Waals surface area contributed by atoms with Crippen molar-refractivity contribution >= 4 is 9.84 Å². The second-order valence-corrected chi connectivity index (χ2v) is 7.57. The second-order valence-electron chi connectivity index (χ2n) is 5.53. The molecule has 1 saturated carbocycles. The Morgan fingerprint density at radius 1 is 1.22 bits per heavy atom. The summed E-state index contributed by atoms with van der Waals surface area (Å²) in [5.74, 6) is 0.378. The summed E-state index contributed by atoms with van der Waals surface area (Å²) < 4.78 is 24.4. The lowest BCUT2D eigenvalue weighted by Crippen LogP contribution is -2.32. The van der Waals surface area contributed by atoms with Crippen LogP contribution in [0.15, 0.2) is 35.2 Å². The minimum absolute atomic E-state index is 0.176. The molecule has 1 N–H and O–H groups in total. The van der Waals surface area contributed by atoms with Crippen molar-refractivity contribution in [3.8, 4) is 0 Å². The van der Waals surface area contributed by atoms with E-state index in [4.69, 9.17) is 0 Å². The van der Waals surface area contributed by atoms with Gasteiger partial charge in [-0.3, -0.25) is 0 Å². The Kier molecular flexibility index (Phi) is 3.78. The summed E-state index contributed by atoms with van der Waals surface area (Å²) in [6, 6.07) is 8.61. The van der Waals surface area contributed by atoms with E-state index in [-0.39, 0.29) is 11.7 Å². The number of hydrogen-bond donors (Lipinski definition) is 1. The van der Waals surface area contributed by atoms with Gasteiger partial charge in [0.1, 0.15) is 0 Å². The van der Waals surface area contributed by atoms with Gasteiger partial charge < -0.3 is 5.11 Å². The number of sulfone groups is 1. The van der Waals surface area contributed by atoms with Gasteiger partial charge in [-0.05, 0) is 50.7 Å². The zero-order chi connectivity index (χ0) is 13.2. The fraction of sp³-hybridized carbons (Fsp3) is 0.571. The average molecular weight is 268 g/mol. The van der Waals surface area contributed by atoms with Gasteiger partial charge in [0.2, 0.25) is 0 Å². The Morgan fingerprint density at radius 2 is 1.78 bits per heavy atom. The molecule has 0 spiro atoms. The topological polar surface area (TPSA) is 54.4 Å². The number of hydrogen-bond acceptors (Lipinski definition) is 3. The van der Waals surface area contributed by atoms with Crippen LogP contribution >= 0.6 is 0 Å². The minimum Gasteiger partial charge on any atom is -0.390 e. The monoisotopic (exact) mass is 268 g/mol. The van der Waals surface area contributed by atoms with Crippen LogP contribution in [0.1, 0.15) is 32.6 Å². The third kappa shape index (κ3) is 3.33. The highest BCUT2D eigenvalue weighted by molar-refractivity contribution is 7.91. The van der Waals surface area contributed by atoms with Gasteiger partial charge in [-0.25, -0.2) is 8.42 Å². The van der Waals surface area contributed by atoms with Gasteiger partial charge in [0, 0.05) is 0 Å². The summed E-state index contributed by atoms with van der Waals surface area (Å²) in [4.78, 5) is 0.405. The lowest BCUT2D eigenvalue weighted by Gasteiger charge is -2.32. The summed E-state index contributed by atoms with van der Waals surface area (Å²) in [5.41, 5.74) is -0.604. The molecule has 0 unspecified atom stereocenters. The first kappa shape index (κ1) is 13.6. The van der Waals surface area contributed by atoms with Gasteiger partial charge in [0.25, 0.3) is 0 Å². The van der Waals surface area contributed by atoms with Gasteiger partial charge in [-0.15, -0.1) is 0 Å². The molecule has 0 amide bonds. The van der Waals surface area contributed by atoms with Crippen LogP contribution in [0.2, 0.25) is 0 Å². The molecular weight excluding hydrogens is 248 g/mol. The van der Waals surface area contributed by atoms with E-state index in [0.717, 1.165) is 12.8 Å². The molecule has 0 saturated heterocycles. The molecule has 0 aromatic heterocycles. The van der Waals surface area contributed by atoms with E-state index in [0.29, 0.717) is 17.7 Å². The Morgan fingerprint density at radius 3 is 2.33 bits per heavy atom. The molecule has 0 aliphatic heterocycles. The fourth-order valence-corrected chi connectivity index (χ4v) is 4.22. The van der Waals surface area contributed by atoms with E-state index in [1.165, 1.54) is 0 Å². The maximum absolute atomic E-state index is 12.2. The average Bonchev–Trinajstić information content (AvgIpc) is 2.33. The van der Waals surface area contributed by atoms with Crippen molar-refractivity contribution in [2.24, 2.45) is 5.92 Å². The minimum atomic E-state index is -3.18. The molecule has 1 aliphatic rings. The predicted molar refractivity (Wildman–Crippen MR) is 71.1 cm³/mol. The van der Waals surface area contributed by atoms with Crippen LogP contribution in [-0.2, 0) is 9.84 Å². The van der Waals surface area contributed by atoms with Crippen LogP contribution in [-0.4, -0.2) is 24.9 Å². The van der Waals surface area contributed by atoms with Crippen LogP contribution in [0, 0.1) is 5.92 Å². The first-order chi connectivity index (χ1) is 8.39. The molecule has 0 radical (unpaired) electrons. The van der Waals surface area contributed by atoms with Crippen LogP contribution in [0.3, 0.4) is 0 Å². The molecule has 4 heteroatoms. The van der Waals surface area contributed by atoms with Gasteiger partial charge in [0.15, 0.2) is 9.84 Å². The van der Waals surface area contributed by atoms with Crippen LogP contribution in [0.25, 0.3) is 0 Å². The van der Waals surface area contributed by atoms with Crippen LogP contribution in [0.4, 0.5) is 0 Å². The molecular formula is C14H20O3S. The number of benzene rings is 1. The van der Waals surface area contributed by atoms with E-state index >= 15 is 0 Å². The molecule has 100 valence electrons. The smallest absolute Gasteiger partial charge is 0.178 e. The number of rotatable bonds is 3. The van der Waals surface area contributed by atoms with E-state index in [9.17, 15) is 13.5 Å². The zero-order valence-corrected chi connectivity index (χ0v) is 11.5. The molecule has 1 aromatic rings. The third-order valence-corrected chi connectivity index (χ3v) is 5.64. The van der Waals surface area contributed by atoms with E-state index < -0.39 is 15.4 Å². The Labute approximate surface area is 109 Å². The Bertz CT molecular complexity index is 481. The second kappa shape index (κ2) is 5.02. The third-order valence-electron chi connectivity index (χ3n) is 3.74. The van der Waals surface area contributed by atoms with Crippen molar-refractivity contribution in [3.63, 3.8) is 0 Å². The predicted octanol–water partition coefficient (Wildman–Crippen LogP) is 2.40. The van der Waals surface area contributed by atoms with Crippen molar-refractivity contribution in [1.82, 2.24) is 0 Å². The summed E-state index contributed by atoms with van der Waals surface area (Å²) in [6.07, 6.45) is 2.97. The maximum Gasteiger partial charge on any atom is 0.178 e. The van der Waals surface area contributed by atoms with Crippen LogP contribution < -0.4 is 0 Å². The zero-order valence-electron chi connectivity index (χ0n) is 10.7. The molecule has 1 fully saturated rings. The quantitative estimate of drug-likeness (QED) is 0.916. The van der Waals surface area contributed by atoms with Crippen molar-refractivity contribution in [2.45, 2.75) is 43.1 Å². The Balaban J connectivity index is 2.02. The van der Waals surface area contributed by atoms with Crippen molar-refractivity contribution in [1.29, 1.82) is 0 Å². The normalized spacial score (nSPS) is 29.1. The van der Waals surface area contributed by atoms with E-state index in [1.54, 1.807) is 24.3 Å².